The van der Waals surface area contributed by atoms with E-state index in [4.69, 9.17) is 0 Å². The molecule has 0 fully saturated rings. The lowest BCUT2D eigenvalue weighted by atomic mass is 10.0. The maximum atomic E-state index is 12.7. The van der Waals surface area contributed by atoms with Gasteiger partial charge in [0.05, 0.1) is 10.6 Å². The van der Waals surface area contributed by atoms with Crippen LogP contribution in [0.25, 0.3) is 0 Å². The topological polar surface area (TPSA) is 75.3 Å². The molecule has 5 nitrogen and oxygen atoms in total. The minimum atomic E-state index is -3.73. The number of para-hydroxylation sites is 1. The standard InChI is InChI=1S/C24H26N2O3S/c1-16(2)19-8-10-20(11-9-19)24(27)25-21-12-14-22(15-13-21)30(28,29)26-23-17(3)6-5-7-18(23)4/h5-16,26H,1-4H3,(H,25,27). The van der Waals surface area contributed by atoms with Crippen LogP contribution in [-0.4, -0.2) is 14.3 Å². The molecule has 3 aromatic carbocycles. The second-order valence-corrected chi connectivity index (χ2v) is 9.31. The van der Waals surface area contributed by atoms with Crippen molar-refractivity contribution in [3.63, 3.8) is 0 Å². The van der Waals surface area contributed by atoms with Gasteiger partial charge in [0.15, 0.2) is 0 Å². The monoisotopic (exact) mass is 422 g/mol. The number of rotatable bonds is 6. The van der Waals surface area contributed by atoms with Crippen molar-refractivity contribution in [1.29, 1.82) is 0 Å². The van der Waals surface area contributed by atoms with Gasteiger partial charge in [-0.05, 0) is 72.9 Å². The van der Waals surface area contributed by atoms with E-state index in [-0.39, 0.29) is 10.8 Å². The number of amides is 1. The molecule has 0 saturated heterocycles. The second-order valence-electron chi connectivity index (χ2n) is 7.63. The number of aryl methyl sites for hydroxylation is 2. The zero-order valence-electron chi connectivity index (χ0n) is 17.6. The molecule has 0 aromatic heterocycles. The first-order valence-corrected chi connectivity index (χ1v) is 11.3. The van der Waals surface area contributed by atoms with Gasteiger partial charge in [0.1, 0.15) is 0 Å². The summed E-state index contributed by atoms with van der Waals surface area (Å²) in [4.78, 5) is 12.6. The van der Waals surface area contributed by atoms with E-state index in [2.05, 4.69) is 23.9 Å². The van der Waals surface area contributed by atoms with Crippen molar-refractivity contribution in [1.82, 2.24) is 0 Å². The Morgan fingerprint density at radius 1 is 0.833 bits per heavy atom. The van der Waals surface area contributed by atoms with Crippen molar-refractivity contribution in [2.24, 2.45) is 0 Å². The highest BCUT2D eigenvalue weighted by atomic mass is 32.2. The number of anilines is 2. The summed E-state index contributed by atoms with van der Waals surface area (Å²) in [5.74, 6) is 0.156. The lowest BCUT2D eigenvalue weighted by Crippen LogP contribution is -2.15. The van der Waals surface area contributed by atoms with Gasteiger partial charge in [-0.3, -0.25) is 9.52 Å². The van der Waals surface area contributed by atoms with E-state index >= 15 is 0 Å². The highest BCUT2D eigenvalue weighted by molar-refractivity contribution is 7.92. The van der Waals surface area contributed by atoms with Crippen LogP contribution < -0.4 is 10.0 Å². The maximum absolute atomic E-state index is 12.7. The molecule has 0 atom stereocenters. The van der Waals surface area contributed by atoms with Crippen LogP contribution in [-0.2, 0) is 10.0 Å². The predicted octanol–water partition coefficient (Wildman–Crippen LogP) is 5.48. The minimum Gasteiger partial charge on any atom is -0.322 e. The smallest absolute Gasteiger partial charge is 0.261 e. The summed E-state index contributed by atoms with van der Waals surface area (Å²) >= 11 is 0. The summed E-state index contributed by atoms with van der Waals surface area (Å²) in [5.41, 5.74) is 4.53. The van der Waals surface area contributed by atoms with Crippen LogP contribution in [0, 0.1) is 13.8 Å². The molecule has 0 aliphatic carbocycles. The van der Waals surface area contributed by atoms with Crippen molar-refractivity contribution in [2.45, 2.75) is 38.5 Å². The van der Waals surface area contributed by atoms with Gasteiger partial charge in [-0.25, -0.2) is 8.42 Å². The van der Waals surface area contributed by atoms with Crippen LogP contribution in [0.3, 0.4) is 0 Å². The normalized spacial score (nSPS) is 11.4. The Balaban J connectivity index is 1.73. The molecule has 0 unspecified atom stereocenters. The van der Waals surface area contributed by atoms with Crippen molar-refractivity contribution in [3.8, 4) is 0 Å². The highest BCUT2D eigenvalue weighted by Crippen LogP contribution is 2.24. The number of carbonyl (C=O) groups excluding carboxylic acids is 1. The molecule has 3 aromatic rings. The molecule has 0 aliphatic heterocycles. The van der Waals surface area contributed by atoms with E-state index in [0.717, 1.165) is 16.7 Å². The van der Waals surface area contributed by atoms with Crippen LogP contribution in [0.5, 0.6) is 0 Å². The Morgan fingerprint density at radius 3 is 1.93 bits per heavy atom. The molecular weight excluding hydrogens is 396 g/mol. The Bertz CT molecular complexity index is 1130. The fourth-order valence-electron chi connectivity index (χ4n) is 3.11. The van der Waals surface area contributed by atoms with E-state index in [0.29, 0.717) is 22.9 Å². The van der Waals surface area contributed by atoms with Crippen molar-refractivity contribution in [2.75, 3.05) is 10.0 Å². The van der Waals surface area contributed by atoms with Gasteiger partial charge in [-0.15, -0.1) is 0 Å². The summed E-state index contributed by atoms with van der Waals surface area (Å²) in [5, 5.41) is 2.80. The van der Waals surface area contributed by atoms with Gasteiger partial charge in [0, 0.05) is 11.3 Å². The summed E-state index contributed by atoms with van der Waals surface area (Å²) in [6, 6.07) is 19.2. The second kappa shape index (κ2) is 8.71. The zero-order valence-corrected chi connectivity index (χ0v) is 18.4. The minimum absolute atomic E-state index is 0.129. The lowest BCUT2D eigenvalue weighted by Gasteiger charge is -2.13. The molecule has 0 bridgehead atoms. The van der Waals surface area contributed by atoms with Gasteiger partial charge in [-0.1, -0.05) is 44.2 Å². The highest BCUT2D eigenvalue weighted by Gasteiger charge is 2.17. The van der Waals surface area contributed by atoms with E-state index in [1.807, 2.05) is 44.2 Å². The molecule has 0 heterocycles. The van der Waals surface area contributed by atoms with Crippen LogP contribution in [0.4, 0.5) is 11.4 Å². The molecule has 6 heteroatoms. The Morgan fingerprint density at radius 2 is 1.40 bits per heavy atom. The molecule has 0 saturated carbocycles. The fourth-order valence-corrected chi connectivity index (χ4v) is 4.31. The molecule has 2 N–H and O–H groups in total. The summed E-state index contributed by atoms with van der Waals surface area (Å²) in [6.45, 7) is 7.91. The first-order chi connectivity index (χ1) is 14.2. The third-order valence-corrected chi connectivity index (χ3v) is 6.35. The quantitative estimate of drug-likeness (QED) is 0.552. The third-order valence-electron chi connectivity index (χ3n) is 4.98. The molecular formula is C24H26N2O3S. The van der Waals surface area contributed by atoms with Crippen molar-refractivity contribution in [3.05, 3.63) is 89.0 Å². The van der Waals surface area contributed by atoms with E-state index < -0.39 is 10.0 Å². The SMILES string of the molecule is Cc1cccc(C)c1NS(=O)(=O)c1ccc(NC(=O)c2ccc(C(C)C)cc2)cc1. The van der Waals surface area contributed by atoms with Crippen LogP contribution in [0.1, 0.15) is 46.8 Å². The molecule has 3 rings (SSSR count). The molecule has 1 amide bonds. The number of sulfonamides is 1. The average molecular weight is 423 g/mol. The Labute approximate surface area is 178 Å². The maximum Gasteiger partial charge on any atom is 0.261 e. The van der Waals surface area contributed by atoms with Gasteiger partial charge in [-0.2, -0.15) is 0 Å². The summed E-state index contributed by atoms with van der Waals surface area (Å²) < 4.78 is 28.2. The average Bonchev–Trinajstić information content (AvgIpc) is 2.71. The summed E-state index contributed by atoms with van der Waals surface area (Å²) in [7, 11) is -3.73. The predicted molar refractivity (Wildman–Crippen MR) is 122 cm³/mol. The third kappa shape index (κ3) is 4.89. The van der Waals surface area contributed by atoms with Crippen LogP contribution in [0.15, 0.2) is 71.6 Å². The fraction of sp³-hybridized carbons (Fsp3) is 0.208. The van der Waals surface area contributed by atoms with Crippen molar-refractivity contribution >= 4 is 27.3 Å². The number of carbonyl (C=O) groups is 1. The van der Waals surface area contributed by atoms with Gasteiger partial charge >= 0.3 is 0 Å². The van der Waals surface area contributed by atoms with E-state index in [9.17, 15) is 13.2 Å². The molecule has 156 valence electrons. The largest absolute Gasteiger partial charge is 0.322 e. The zero-order chi connectivity index (χ0) is 21.9. The number of hydrogen-bond acceptors (Lipinski definition) is 3. The molecule has 0 aliphatic rings. The molecule has 0 radical (unpaired) electrons. The van der Waals surface area contributed by atoms with E-state index in [1.54, 1.807) is 24.3 Å². The van der Waals surface area contributed by atoms with Crippen LogP contribution in [0.2, 0.25) is 0 Å². The molecule has 30 heavy (non-hydrogen) atoms. The first kappa shape index (κ1) is 21.6. The van der Waals surface area contributed by atoms with Gasteiger partial charge in [0.2, 0.25) is 0 Å². The Kier molecular flexibility index (Phi) is 6.27. The van der Waals surface area contributed by atoms with Gasteiger partial charge in [0.25, 0.3) is 15.9 Å². The first-order valence-electron chi connectivity index (χ1n) is 9.78. The number of benzene rings is 3. The summed E-state index contributed by atoms with van der Waals surface area (Å²) in [6.07, 6.45) is 0. The van der Waals surface area contributed by atoms with Crippen molar-refractivity contribution < 1.29 is 13.2 Å². The van der Waals surface area contributed by atoms with Crippen LogP contribution >= 0.6 is 0 Å². The van der Waals surface area contributed by atoms with E-state index in [1.165, 1.54) is 12.1 Å². The Hall–Kier alpha value is -3.12. The van der Waals surface area contributed by atoms with Gasteiger partial charge < -0.3 is 5.32 Å². The number of hydrogen-bond donors (Lipinski definition) is 2. The molecule has 0 spiro atoms. The number of nitrogens with one attached hydrogen (secondary N) is 2. The lowest BCUT2D eigenvalue weighted by molar-refractivity contribution is 0.102.